The van der Waals surface area contributed by atoms with E-state index in [1.165, 1.54) is 18.9 Å². The lowest BCUT2D eigenvalue weighted by molar-refractivity contribution is -0.117. The highest BCUT2D eigenvalue weighted by atomic mass is 79.9. The number of hydrogen-bond donors (Lipinski definition) is 1. The Kier molecular flexibility index (Phi) is 6.01. The Morgan fingerprint density at radius 2 is 1.92 bits per heavy atom. The number of thiazole rings is 1. The number of anilines is 1. The Bertz CT molecular complexity index is 1580. The number of Topliss-reactive ketones (excluding diaryl/α,β-unsaturated/α-hetero) is 2. The first-order valence-electron chi connectivity index (χ1n) is 10.8. The van der Waals surface area contributed by atoms with E-state index in [-0.39, 0.29) is 22.2 Å². The molecule has 1 aliphatic heterocycles. The third-order valence-corrected chi connectivity index (χ3v) is 7.69. The zero-order chi connectivity index (χ0) is 25.7. The van der Waals surface area contributed by atoms with Gasteiger partial charge in [-0.05, 0) is 36.8 Å². The molecule has 1 atom stereocenters. The van der Waals surface area contributed by atoms with Crippen molar-refractivity contribution in [1.82, 2.24) is 4.98 Å². The van der Waals surface area contributed by atoms with E-state index in [1.807, 2.05) is 0 Å². The molecule has 8 nitrogen and oxygen atoms in total. The molecule has 0 aliphatic carbocycles. The Labute approximate surface area is 217 Å². The molecule has 0 bridgehead atoms. The third-order valence-electron chi connectivity index (χ3n) is 5.90. The van der Waals surface area contributed by atoms with Gasteiger partial charge in [0.25, 0.3) is 5.91 Å². The summed E-state index contributed by atoms with van der Waals surface area (Å²) in [4.78, 5) is 45.2. The van der Waals surface area contributed by atoms with Crippen LogP contribution in [0.1, 0.15) is 44.4 Å². The molecule has 182 valence electrons. The van der Waals surface area contributed by atoms with Crippen LogP contribution in [0.25, 0.3) is 11.0 Å². The quantitative estimate of drug-likeness (QED) is 0.287. The van der Waals surface area contributed by atoms with Crippen molar-refractivity contribution >= 4 is 60.8 Å². The summed E-state index contributed by atoms with van der Waals surface area (Å²) in [6.07, 6.45) is 0. The first-order chi connectivity index (χ1) is 17.2. The fraction of sp³-hybridized carbons (Fsp3) is 0.154. The van der Waals surface area contributed by atoms with Gasteiger partial charge in [-0.1, -0.05) is 51.5 Å². The van der Waals surface area contributed by atoms with Crippen LogP contribution in [-0.4, -0.2) is 34.7 Å². The van der Waals surface area contributed by atoms with Crippen LogP contribution < -0.4 is 9.64 Å². The molecule has 0 spiro atoms. The highest BCUT2D eigenvalue weighted by Gasteiger charge is 2.46. The fourth-order valence-electron chi connectivity index (χ4n) is 4.25. The van der Waals surface area contributed by atoms with E-state index < -0.39 is 23.5 Å². The summed E-state index contributed by atoms with van der Waals surface area (Å²) < 4.78 is 12.0. The maximum atomic E-state index is 13.8. The van der Waals surface area contributed by atoms with Gasteiger partial charge in [0.05, 0.1) is 29.3 Å². The van der Waals surface area contributed by atoms with Crippen LogP contribution in [0.4, 0.5) is 5.13 Å². The molecule has 0 saturated heterocycles. The first kappa shape index (κ1) is 24.0. The second kappa shape index (κ2) is 9.03. The Morgan fingerprint density at radius 3 is 2.56 bits per heavy atom. The summed E-state index contributed by atoms with van der Waals surface area (Å²) in [7, 11) is 1.50. The monoisotopic (exact) mass is 566 g/mol. The predicted molar refractivity (Wildman–Crippen MR) is 138 cm³/mol. The number of methoxy groups -OCH3 is 1. The fourth-order valence-corrected chi connectivity index (χ4v) is 5.50. The van der Waals surface area contributed by atoms with Gasteiger partial charge < -0.3 is 14.3 Å². The molecule has 1 amide bonds. The minimum Gasteiger partial charge on any atom is -0.503 e. The number of aliphatic hydroxyl groups excluding tert-OH is 1. The molecule has 2 aromatic carbocycles. The van der Waals surface area contributed by atoms with Gasteiger partial charge in [-0.25, -0.2) is 4.98 Å². The van der Waals surface area contributed by atoms with Crippen molar-refractivity contribution in [3.05, 3.63) is 86.2 Å². The van der Waals surface area contributed by atoms with Crippen molar-refractivity contribution in [3.63, 3.8) is 0 Å². The molecule has 2 aromatic heterocycles. The Hall–Kier alpha value is -3.76. The van der Waals surface area contributed by atoms with E-state index in [0.717, 1.165) is 15.8 Å². The van der Waals surface area contributed by atoms with Crippen LogP contribution in [0.15, 0.2) is 68.8 Å². The first-order valence-corrected chi connectivity index (χ1v) is 12.4. The molecule has 0 saturated carbocycles. The number of furan rings is 1. The van der Waals surface area contributed by atoms with E-state index in [9.17, 15) is 19.5 Å². The second-order valence-corrected chi connectivity index (χ2v) is 10.1. The van der Waals surface area contributed by atoms with Crippen LogP contribution in [0, 0.1) is 6.92 Å². The van der Waals surface area contributed by atoms with Gasteiger partial charge in [0.15, 0.2) is 33.8 Å². The number of halogens is 1. The molecular weight excluding hydrogens is 548 g/mol. The van der Waals surface area contributed by atoms with Gasteiger partial charge in [0.1, 0.15) is 0 Å². The van der Waals surface area contributed by atoms with Gasteiger partial charge in [-0.2, -0.15) is 0 Å². The molecule has 10 heteroatoms. The number of hydrogen-bond acceptors (Lipinski definition) is 8. The van der Waals surface area contributed by atoms with Crippen molar-refractivity contribution in [2.45, 2.75) is 19.9 Å². The minimum atomic E-state index is -0.987. The van der Waals surface area contributed by atoms with E-state index in [4.69, 9.17) is 9.15 Å². The topological polar surface area (TPSA) is 110 Å². The highest BCUT2D eigenvalue weighted by Crippen LogP contribution is 2.44. The summed E-state index contributed by atoms with van der Waals surface area (Å²) in [6.45, 7) is 3.09. The summed E-state index contributed by atoms with van der Waals surface area (Å²) in [5.74, 6) is -1.91. The van der Waals surface area contributed by atoms with Gasteiger partial charge in [0.2, 0.25) is 5.78 Å². The lowest BCUT2D eigenvalue weighted by atomic mass is 9.95. The van der Waals surface area contributed by atoms with Crippen LogP contribution in [0.3, 0.4) is 0 Å². The van der Waals surface area contributed by atoms with Crippen molar-refractivity contribution < 1.29 is 28.6 Å². The average molecular weight is 567 g/mol. The van der Waals surface area contributed by atoms with Crippen molar-refractivity contribution in [1.29, 1.82) is 0 Å². The van der Waals surface area contributed by atoms with E-state index in [0.29, 0.717) is 32.9 Å². The normalized spacial score (nSPS) is 15.7. The number of aliphatic hydroxyl groups is 1. The number of ether oxygens (including phenoxy) is 1. The molecule has 0 fully saturated rings. The Balaban J connectivity index is 1.66. The van der Waals surface area contributed by atoms with Gasteiger partial charge in [-0.15, -0.1) is 0 Å². The molecule has 5 rings (SSSR count). The van der Waals surface area contributed by atoms with Gasteiger partial charge in [0, 0.05) is 16.8 Å². The summed E-state index contributed by atoms with van der Waals surface area (Å²) >= 11 is 4.43. The van der Waals surface area contributed by atoms with Gasteiger partial charge in [-0.3, -0.25) is 19.3 Å². The smallest absolute Gasteiger partial charge is 0.296 e. The van der Waals surface area contributed by atoms with Crippen LogP contribution in [0.5, 0.6) is 5.75 Å². The number of nitrogens with zero attached hydrogens (tertiary/aromatic N) is 2. The number of rotatable bonds is 6. The zero-order valence-electron chi connectivity index (χ0n) is 19.4. The summed E-state index contributed by atoms with van der Waals surface area (Å²) in [6, 6.07) is 12.8. The number of para-hydroxylation sites is 1. The van der Waals surface area contributed by atoms with Crippen LogP contribution in [0.2, 0.25) is 0 Å². The molecule has 3 heterocycles. The maximum Gasteiger partial charge on any atom is 0.296 e. The molecule has 1 N–H and O–H groups in total. The van der Waals surface area contributed by atoms with Crippen LogP contribution in [-0.2, 0) is 4.79 Å². The average Bonchev–Trinajstić information content (AvgIpc) is 3.53. The number of carbonyl (C=O) groups is 3. The van der Waals surface area contributed by atoms with Crippen molar-refractivity contribution in [2.24, 2.45) is 0 Å². The van der Waals surface area contributed by atoms with E-state index in [1.54, 1.807) is 55.5 Å². The predicted octanol–water partition coefficient (Wildman–Crippen LogP) is 5.95. The number of benzene rings is 2. The minimum absolute atomic E-state index is 0.0486. The standard InChI is InChI=1S/C26H19BrN2O6S/c1-12-24(13(2)30)36-26(28-12)29-20(14-7-9-16(27)10-8-14)19(22(32)25(29)33)21(31)18-11-15-5-4-6-17(34-3)23(15)35-18/h4-11,20,32H,1-3H3. The van der Waals surface area contributed by atoms with Gasteiger partial charge >= 0.3 is 0 Å². The molecular formula is C26H19BrN2O6S. The maximum absolute atomic E-state index is 13.8. The second-order valence-electron chi connectivity index (χ2n) is 8.18. The van der Waals surface area contributed by atoms with Crippen molar-refractivity contribution in [2.75, 3.05) is 12.0 Å². The van der Waals surface area contributed by atoms with Crippen LogP contribution >= 0.6 is 27.3 Å². The lowest BCUT2D eigenvalue weighted by Crippen LogP contribution is -2.31. The van der Waals surface area contributed by atoms with E-state index >= 15 is 0 Å². The summed E-state index contributed by atoms with van der Waals surface area (Å²) in [5.41, 5.74) is 1.28. The molecule has 4 aromatic rings. The largest absolute Gasteiger partial charge is 0.503 e. The number of aryl methyl sites for hydroxylation is 1. The molecule has 36 heavy (non-hydrogen) atoms. The zero-order valence-corrected chi connectivity index (χ0v) is 21.8. The molecule has 0 radical (unpaired) electrons. The van der Waals surface area contributed by atoms with E-state index in [2.05, 4.69) is 20.9 Å². The number of carbonyl (C=O) groups excluding carboxylic acids is 3. The number of aromatic nitrogens is 1. The third kappa shape index (κ3) is 3.82. The highest BCUT2D eigenvalue weighted by molar-refractivity contribution is 9.10. The van der Waals surface area contributed by atoms with Crippen molar-refractivity contribution in [3.8, 4) is 5.75 Å². The summed E-state index contributed by atoms with van der Waals surface area (Å²) in [5, 5.41) is 11.8. The molecule has 1 aliphatic rings. The number of fused-ring (bicyclic) bond motifs is 1. The Morgan fingerprint density at radius 1 is 1.19 bits per heavy atom. The number of ketones is 2. The SMILES string of the molecule is COc1cccc2cc(C(=O)C3=C(O)C(=O)N(c4nc(C)c(C(C)=O)s4)C3c3ccc(Br)cc3)oc12. The molecule has 1 unspecified atom stereocenters. The lowest BCUT2D eigenvalue weighted by Gasteiger charge is -2.24. The number of amides is 1.